The van der Waals surface area contributed by atoms with Crippen molar-refractivity contribution in [2.24, 2.45) is 0 Å². The Hall–Kier alpha value is -2.14. The SMILES string of the molecule is Cc1nc(Cc2c(C)noc2C)n(Cc2cccc(Cl)c2)n1. The summed E-state index contributed by atoms with van der Waals surface area (Å²) in [4.78, 5) is 4.54. The molecule has 0 radical (unpaired) electrons. The largest absolute Gasteiger partial charge is 0.361 e. The van der Waals surface area contributed by atoms with Gasteiger partial charge in [0.1, 0.15) is 17.4 Å². The fraction of sp³-hybridized carbons (Fsp3) is 0.312. The number of rotatable bonds is 4. The molecule has 0 aliphatic heterocycles. The summed E-state index contributed by atoms with van der Waals surface area (Å²) in [6, 6.07) is 7.78. The zero-order chi connectivity index (χ0) is 15.7. The molecular formula is C16H17ClN4O. The number of hydrogen-bond donors (Lipinski definition) is 0. The number of hydrogen-bond acceptors (Lipinski definition) is 4. The lowest BCUT2D eigenvalue weighted by Gasteiger charge is -2.06. The average Bonchev–Trinajstić information content (AvgIpc) is 2.96. The van der Waals surface area contributed by atoms with Gasteiger partial charge < -0.3 is 4.52 Å². The lowest BCUT2D eigenvalue weighted by atomic mass is 10.1. The summed E-state index contributed by atoms with van der Waals surface area (Å²) in [5.74, 6) is 2.48. The van der Waals surface area contributed by atoms with Crippen LogP contribution in [0.15, 0.2) is 28.8 Å². The molecule has 0 saturated heterocycles. The van der Waals surface area contributed by atoms with E-state index in [0.717, 1.165) is 39.3 Å². The van der Waals surface area contributed by atoms with E-state index < -0.39 is 0 Å². The first-order valence-electron chi connectivity index (χ1n) is 7.09. The predicted molar refractivity (Wildman–Crippen MR) is 84.1 cm³/mol. The fourth-order valence-electron chi connectivity index (χ4n) is 2.48. The molecule has 6 heteroatoms. The lowest BCUT2D eigenvalue weighted by molar-refractivity contribution is 0.392. The van der Waals surface area contributed by atoms with E-state index in [1.807, 2.05) is 49.7 Å². The van der Waals surface area contributed by atoms with Crippen LogP contribution in [0.3, 0.4) is 0 Å². The summed E-state index contributed by atoms with van der Waals surface area (Å²) in [7, 11) is 0. The molecule has 5 nitrogen and oxygen atoms in total. The quantitative estimate of drug-likeness (QED) is 0.739. The van der Waals surface area contributed by atoms with Gasteiger partial charge in [-0.05, 0) is 38.5 Å². The van der Waals surface area contributed by atoms with Crippen LogP contribution in [0.25, 0.3) is 0 Å². The molecule has 22 heavy (non-hydrogen) atoms. The standard InChI is InChI=1S/C16H17ClN4O/c1-10-15(11(2)22-20-10)8-16-18-12(3)19-21(16)9-13-5-4-6-14(17)7-13/h4-7H,8-9H2,1-3H3. The maximum Gasteiger partial charge on any atom is 0.147 e. The van der Waals surface area contributed by atoms with Crippen LogP contribution in [-0.4, -0.2) is 19.9 Å². The molecule has 0 aliphatic carbocycles. The van der Waals surface area contributed by atoms with E-state index in [1.54, 1.807) is 0 Å². The van der Waals surface area contributed by atoms with E-state index >= 15 is 0 Å². The van der Waals surface area contributed by atoms with Gasteiger partial charge in [0, 0.05) is 17.0 Å². The topological polar surface area (TPSA) is 56.7 Å². The van der Waals surface area contributed by atoms with Crippen molar-refractivity contribution in [1.29, 1.82) is 0 Å². The maximum absolute atomic E-state index is 6.05. The van der Waals surface area contributed by atoms with Crippen molar-refractivity contribution in [3.63, 3.8) is 0 Å². The van der Waals surface area contributed by atoms with Crippen molar-refractivity contribution in [3.05, 3.63) is 63.5 Å². The molecule has 2 aromatic heterocycles. The van der Waals surface area contributed by atoms with Gasteiger partial charge in [0.2, 0.25) is 0 Å². The van der Waals surface area contributed by atoms with Gasteiger partial charge in [-0.1, -0.05) is 28.9 Å². The average molecular weight is 317 g/mol. The van der Waals surface area contributed by atoms with Crippen molar-refractivity contribution >= 4 is 11.6 Å². The highest BCUT2D eigenvalue weighted by Gasteiger charge is 2.15. The molecule has 0 unspecified atom stereocenters. The zero-order valence-corrected chi connectivity index (χ0v) is 13.6. The van der Waals surface area contributed by atoms with E-state index in [9.17, 15) is 0 Å². The molecule has 0 amide bonds. The van der Waals surface area contributed by atoms with E-state index in [1.165, 1.54) is 0 Å². The highest BCUT2D eigenvalue weighted by atomic mass is 35.5. The van der Waals surface area contributed by atoms with E-state index in [0.29, 0.717) is 13.0 Å². The smallest absolute Gasteiger partial charge is 0.147 e. The number of aromatic nitrogens is 4. The summed E-state index contributed by atoms with van der Waals surface area (Å²) in [5, 5.41) is 9.21. The third-order valence-corrected chi connectivity index (χ3v) is 3.83. The molecule has 0 N–H and O–H groups in total. The van der Waals surface area contributed by atoms with Crippen molar-refractivity contribution in [1.82, 2.24) is 19.9 Å². The van der Waals surface area contributed by atoms with Crippen LogP contribution in [-0.2, 0) is 13.0 Å². The molecule has 0 aliphatic rings. The van der Waals surface area contributed by atoms with Crippen molar-refractivity contribution in [2.45, 2.75) is 33.7 Å². The first-order valence-corrected chi connectivity index (χ1v) is 7.47. The van der Waals surface area contributed by atoms with E-state index in [2.05, 4.69) is 15.2 Å². The highest BCUT2D eigenvalue weighted by molar-refractivity contribution is 6.30. The molecule has 0 saturated carbocycles. The Morgan fingerprint density at radius 1 is 1.23 bits per heavy atom. The highest BCUT2D eigenvalue weighted by Crippen LogP contribution is 2.18. The number of nitrogens with zero attached hydrogens (tertiary/aromatic N) is 4. The fourth-order valence-corrected chi connectivity index (χ4v) is 2.69. The molecular weight excluding hydrogens is 300 g/mol. The van der Waals surface area contributed by atoms with Gasteiger partial charge in [-0.25, -0.2) is 9.67 Å². The lowest BCUT2D eigenvalue weighted by Crippen LogP contribution is -2.08. The molecule has 2 heterocycles. The number of halogens is 1. The van der Waals surface area contributed by atoms with Gasteiger partial charge in [-0.2, -0.15) is 5.10 Å². The second kappa shape index (κ2) is 5.93. The summed E-state index contributed by atoms with van der Waals surface area (Å²) < 4.78 is 7.13. The summed E-state index contributed by atoms with van der Waals surface area (Å²) in [6.07, 6.45) is 0.655. The monoisotopic (exact) mass is 316 g/mol. The minimum absolute atomic E-state index is 0.639. The van der Waals surface area contributed by atoms with E-state index in [-0.39, 0.29) is 0 Å². The molecule has 0 atom stereocenters. The van der Waals surface area contributed by atoms with Crippen LogP contribution in [0.5, 0.6) is 0 Å². The minimum atomic E-state index is 0.639. The van der Waals surface area contributed by atoms with Gasteiger partial charge in [-0.15, -0.1) is 0 Å². The summed E-state index contributed by atoms with van der Waals surface area (Å²) in [6.45, 7) is 6.39. The van der Waals surface area contributed by atoms with Crippen LogP contribution in [0.2, 0.25) is 5.02 Å². The Kier molecular flexibility index (Phi) is 3.98. The minimum Gasteiger partial charge on any atom is -0.361 e. The van der Waals surface area contributed by atoms with E-state index in [4.69, 9.17) is 16.1 Å². The molecule has 0 bridgehead atoms. The first-order chi connectivity index (χ1) is 10.5. The second-order valence-corrected chi connectivity index (χ2v) is 5.78. The van der Waals surface area contributed by atoms with Crippen molar-refractivity contribution < 1.29 is 4.52 Å². The molecule has 0 spiro atoms. The Morgan fingerprint density at radius 3 is 2.73 bits per heavy atom. The second-order valence-electron chi connectivity index (χ2n) is 5.34. The Bertz CT molecular complexity index is 787. The van der Waals surface area contributed by atoms with Gasteiger partial charge in [0.05, 0.1) is 12.2 Å². The molecule has 1 aromatic carbocycles. The Morgan fingerprint density at radius 2 is 2.05 bits per heavy atom. The van der Waals surface area contributed by atoms with Crippen molar-refractivity contribution in [3.8, 4) is 0 Å². The number of aryl methyl sites for hydroxylation is 3. The maximum atomic E-state index is 6.05. The molecule has 3 aromatic rings. The van der Waals surface area contributed by atoms with Crippen LogP contribution < -0.4 is 0 Å². The molecule has 114 valence electrons. The predicted octanol–water partition coefficient (Wildman–Crippen LogP) is 3.48. The van der Waals surface area contributed by atoms with Gasteiger partial charge in [-0.3, -0.25) is 0 Å². The van der Waals surface area contributed by atoms with Crippen molar-refractivity contribution in [2.75, 3.05) is 0 Å². The summed E-state index contributed by atoms with van der Waals surface area (Å²) in [5.41, 5.74) is 3.06. The normalized spacial score (nSPS) is 11.1. The Balaban J connectivity index is 1.90. The number of benzene rings is 1. The van der Waals surface area contributed by atoms with Crippen LogP contribution in [0.1, 0.15) is 34.2 Å². The summed E-state index contributed by atoms with van der Waals surface area (Å²) >= 11 is 6.05. The Labute approximate surface area is 133 Å². The van der Waals surface area contributed by atoms with Crippen LogP contribution >= 0.6 is 11.6 Å². The van der Waals surface area contributed by atoms with Crippen LogP contribution in [0, 0.1) is 20.8 Å². The van der Waals surface area contributed by atoms with Gasteiger partial charge >= 0.3 is 0 Å². The van der Waals surface area contributed by atoms with Gasteiger partial charge in [0.15, 0.2) is 0 Å². The molecule has 3 rings (SSSR count). The third-order valence-electron chi connectivity index (χ3n) is 3.59. The van der Waals surface area contributed by atoms with Gasteiger partial charge in [0.25, 0.3) is 0 Å². The third kappa shape index (κ3) is 3.04. The first kappa shape index (κ1) is 14.8. The van der Waals surface area contributed by atoms with Crippen LogP contribution in [0.4, 0.5) is 0 Å². The zero-order valence-electron chi connectivity index (χ0n) is 12.8. The molecule has 0 fully saturated rings.